The van der Waals surface area contributed by atoms with Gasteiger partial charge in [0.05, 0.1) is 28.6 Å². The van der Waals surface area contributed by atoms with Crippen LogP contribution in [0.1, 0.15) is 38.6 Å². The zero-order valence-electron chi connectivity index (χ0n) is 11.6. The van der Waals surface area contributed by atoms with Gasteiger partial charge in [0.2, 0.25) is 0 Å². The van der Waals surface area contributed by atoms with E-state index >= 15 is 0 Å². The molecule has 0 amide bonds. The fourth-order valence-electron chi connectivity index (χ4n) is 2.09. The van der Waals surface area contributed by atoms with Crippen LogP contribution >= 0.6 is 11.6 Å². The van der Waals surface area contributed by atoms with Crippen LogP contribution in [0.4, 0.5) is 0 Å². The van der Waals surface area contributed by atoms with E-state index in [4.69, 9.17) is 16.3 Å². The van der Waals surface area contributed by atoms with Gasteiger partial charge in [0.1, 0.15) is 0 Å². The molecule has 2 atom stereocenters. The molecule has 5 heteroatoms. The van der Waals surface area contributed by atoms with Crippen molar-refractivity contribution in [2.45, 2.75) is 52.2 Å². The Bertz CT molecular complexity index is 379. The first-order chi connectivity index (χ1) is 8.54. The Morgan fingerprint density at radius 3 is 2.50 bits per heavy atom. The zero-order valence-corrected chi connectivity index (χ0v) is 12.4. The summed E-state index contributed by atoms with van der Waals surface area (Å²) in [5.74, 6) is 0. The van der Waals surface area contributed by atoms with Gasteiger partial charge in [-0.25, -0.2) is 0 Å². The van der Waals surface area contributed by atoms with Crippen molar-refractivity contribution < 1.29 is 9.84 Å². The number of rotatable bonds is 7. The molecule has 0 radical (unpaired) electrons. The summed E-state index contributed by atoms with van der Waals surface area (Å²) in [7, 11) is 1.86. The lowest BCUT2D eigenvalue weighted by atomic mass is 10.1. The molecule has 0 saturated heterocycles. The molecule has 1 heterocycles. The van der Waals surface area contributed by atoms with Crippen LogP contribution < -0.4 is 0 Å². The third kappa shape index (κ3) is 3.46. The number of hydrogen-bond acceptors (Lipinski definition) is 3. The molecule has 104 valence electrons. The number of aliphatic hydroxyl groups excluding tert-OH is 1. The molecule has 4 nitrogen and oxygen atoms in total. The van der Waals surface area contributed by atoms with E-state index in [0.717, 1.165) is 24.2 Å². The lowest BCUT2D eigenvalue weighted by Gasteiger charge is -2.21. The molecule has 18 heavy (non-hydrogen) atoms. The SMILES string of the molecule is CCOC(CC)C(O)Cc1c(Cl)c(CC)nn1C. The molecule has 0 aliphatic rings. The Morgan fingerprint density at radius 2 is 2.06 bits per heavy atom. The smallest absolute Gasteiger partial charge is 0.0857 e. The van der Waals surface area contributed by atoms with E-state index in [1.807, 2.05) is 27.8 Å². The number of aryl methyl sites for hydroxylation is 2. The highest BCUT2D eigenvalue weighted by Crippen LogP contribution is 2.23. The largest absolute Gasteiger partial charge is 0.390 e. The van der Waals surface area contributed by atoms with Crippen molar-refractivity contribution in [2.75, 3.05) is 6.61 Å². The monoisotopic (exact) mass is 274 g/mol. The minimum absolute atomic E-state index is 0.147. The second-order valence-corrected chi connectivity index (χ2v) is 4.74. The van der Waals surface area contributed by atoms with E-state index in [0.29, 0.717) is 18.1 Å². The maximum absolute atomic E-state index is 10.2. The first-order valence-electron chi connectivity index (χ1n) is 6.54. The summed E-state index contributed by atoms with van der Waals surface area (Å²) in [5.41, 5.74) is 1.75. The average molecular weight is 275 g/mol. The molecule has 0 aliphatic heterocycles. The summed E-state index contributed by atoms with van der Waals surface area (Å²) in [6, 6.07) is 0. The summed E-state index contributed by atoms with van der Waals surface area (Å²) in [5, 5.41) is 15.2. The molecule has 1 rings (SSSR count). The molecule has 0 aliphatic carbocycles. The Kier molecular flexibility index (Phi) is 6.12. The van der Waals surface area contributed by atoms with Crippen molar-refractivity contribution in [3.63, 3.8) is 0 Å². The van der Waals surface area contributed by atoms with E-state index in [2.05, 4.69) is 5.10 Å². The minimum atomic E-state index is -0.549. The third-order valence-corrected chi connectivity index (χ3v) is 3.55. The van der Waals surface area contributed by atoms with Gasteiger partial charge < -0.3 is 9.84 Å². The van der Waals surface area contributed by atoms with Crippen molar-refractivity contribution in [3.05, 3.63) is 16.4 Å². The molecular weight excluding hydrogens is 252 g/mol. The van der Waals surface area contributed by atoms with Crippen LogP contribution in [-0.2, 0) is 24.6 Å². The van der Waals surface area contributed by atoms with Crippen LogP contribution in [0.15, 0.2) is 0 Å². The zero-order chi connectivity index (χ0) is 13.7. The van der Waals surface area contributed by atoms with Gasteiger partial charge in [-0.2, -0.15) is 5.10 Å². The lowest BCUT2D eigenvalue weighted by Crippen LogP contribution is -2.31. The summed E-state index contributed by atoms with van der Waals surface area (Å²) in [4.78, 5) is 0. The molecule has 0 saturated carbocycles. The number of halogens is 1. The predicted octanol–water partition coefficient (Wildman–Crippen LogP) is 2.35. The van der Waals surface area contributed by atoms with Crippen LogP contribution in [-0.4, -0.2) is 33.7 Å². The molecule has 1 N–H and O–H groups in total. The molecular formula is C13H23ClN2O2. The van der Waals surface area contributed by atoms with Gasteiger partial charge in [0.15, 0.2) is 0 Å². The van der Waals surface area contributed by atoms with E-state index < -0.39 is 6.10 Å². The molecule has 0 bridgehead atoms. The van der Waals surface area contributed by atoms with Gasteiger partial charge in [-0.05, 0) is 19.8 Å². The Morgan fingerprint density at radius 1 is 1.39 bits per heavy atom. The van der Waals surface area contributed by atoms with Crippen LogP contribution in [0.2, 0.25) is 5.02 Å². The first kappa shape index (κ1) is 15.5. The summed E-state index contributed by atoms with van der Waals surface area (Å²) < 4.78 is 7.27. The van der Waals surface area contributed by atoms with Gasteiger partial charge in [0.25, 0.3) is 0 Å². The highest BCUT2D eigenvalue weighted by atomic mass is 35.5. The Labute approximate surface area is 114 Å². The standard InChI is InChI=1S/C13H23ClN2O2/c1-5-9-13(14)10(16(4)15-9)8-11(17)12(6-2)18-7-3/h11-12,17H,5-8H2,1-4H3. The maximum atomic E-state index is 10.2. The minimum Gasteiger partial charge on any atom is -0.390 e. The maximum Gasteiger partial charge on any atom is 0.0857 e. The van der Waals surface area contributed by atoms with Crippen molar-refractivity contribution >= 4 is 11.6 Å². The Hall–Kier alpha value is -0.580. The number of aliphatic hydroxyl groups is 1. The molecule has 1 aromatic rings. The van der Waals surface area contributed by atoms with E-state index in [9.17, 15) is 5.11 Å². The van der Waals surface area contributed by atoms with Crippen LogP contribution in [0, 0.1) is 0 Å². The third-order valence-electron chi connectivity index (χ3n) is 3.12. The molecule has 0 fully saturated rings. The van der Waals surface area contributed by atoms with Crippen LogP contribution in [0.5, 0.6) is 0 Å². The predicted molar refractivity (Wildman–Crippen MR) is 73.0 cm³/mol. The molecule has 0 aromatic carbocycles. The average Bonchev–Trinajstić information content (AvgIpc) is 2.63. The van der Waals surface area contributed by atoms with Gasteiger partial charge in [0, 0.05) is 20.1 Å². The summed E-state index contributed by atoms with van der Waals surface area (Å²) in [6.45, 7) is 6.56. The van der Waals surface area contributed by atoms with Gasteiger partial charge in [-0.15, -0.1) is 0 Å². The highest BCUT2D eigenvalue weighted by Gasteiger charge is 2.22. The first-order valence-corrected chi connectivity index (χ1v) is 6.92. The topological polar surface area (TPSA) is 47.3 Å². The summed E-state index contributed by atoms with van der Waals surface area (Å²) in [6.07, 6.45) is 1.36. The van der Waals surface area contributed by atoms with E-state index in [1.165, 1.54) is 0 Å². The van der Waals surface area contributed by atoms with Crippen molar-refractivity contribution in [1.29, 1.82) is 0 Å². The quantitative estimate of drug-likeness (QED) is 0.830. The highest BCUT2D eigenvalue weighted by molar-refractivity contribution is 6.31. The number of hydrogen-bond donors (Lipinski definition) is 1. The van der Waals surface area contributed by atoms with Gasteiger partial charge in [-0.3, -0.25) is 4.68 Å². The van der Waals surface area contributed by atoms with E-state index in [-0.39, 0.29) is 6.10 Å². The second-order valence-electron chi connectivity index (χ2n) is 4.36. The lowest BCUT2D eigenvalue weighted by molar-refractivity contribution is -0.0341. The normalized spacial score (nSPS) is 14.8. The fraction of sp³-hybridized carbons (Fsp3) is 0.769. The Balaban J connectivity index is 2.80. The molecule has 0 spiro atoms. The van der Waals surface area contributed by atoms with Crippen molar-refractivity contribution in [2.24, 2.45) is 7.05 Å². The van der Waals surface area contributed by atoms with E-state index in [1.54, 1.807) is 4.68 Å². The van der Waals surface area contributed by atoms with Crippen molar-refractivity contribution in [3.8, 4) is 0 Å². The molecule has 1 aromatic heterocycles. The second kappa shape index (κ2) is 7.12. The van der Waals surface area contributed by atoms with Gasteiger partial charge in [-0.1, -0.05) is 25.4 Å². The fourth-order valence-corrected chi connectivity index (χ4v) is 2.46. The van der Waals surface area contributed by atoms with Crippen LogP contribution in [0.25, 0.3) is 0 Å². The summed E-state index contributed by atoms with van der Waals surface area (Å²) >= 11 is 6.26. The number of ether oxygens (including phenoxy) is 1. The number of aromatic nitrogens is 2. The van der Waals surface area contributed by atoms with Crippen LogP contribution in [0.3, 0.4) is 0 Å². The molecule has 2 unspecified atom stereocenters. The van der Waals surface area contributed by atoms with Gasteiger partial charge >= 0.3 is 0 Å². The number of nitrogens with zero attached hydrogens (tertiary/aromatic N) is 2. The van der Waals surface area contributed by atoms with Crippen molar-refractivity contribution in [1.82, 2.24) is 9.78 Å².